The summed E-state index contributed by atoms with van der Waals surface area (Å²) >= 11 is 0. The first-order valence-electron chi connectivity index (χ1n) is 5.61. The number of nitrogens with one attached hydrogen (secondary N) is 1. The van der Waals surface area contributed by atoms with E-state index in [2.05, 4.69) is 5.43 Å². The highest BCUT2D eigenvalue weighted by Crippen LogP contribution is 2.21. The fourth-order valence-corrected chi connectivity index (χ4v) is 1.83. The maximum absolute atomic E-state index is 11.1. The van der Waals surface area contributed by atoms with Crippen LogP contribution in [-0.4, -0.2) is 42.4 Å². The second kappa shape index (κ2) is 5.16. The first-order chi connectivity index (χ1) is 8.18. The summed E-state index contributed by atoms with van der Waals surface area (Å²) in [5, 5.41) is 11.1. The number of para-hydroxylation sites is 1. The van der Waals surface area contributed by atoms with Crippen LogP contribution in [-0.2, 0) is 4.74 Å². The summed E-state index contributed by atoms with van der Waals surface area (Å²) in [6.07, 6.45) is 0. The highest BCUT2D eigenvalue weighted by Gasteiger charge is 2.16. The van der Waals surface area contributed by atoms with Gasteiger partial charge in [-0.1, -0.05) is 12.1 Å². The second-order valence-corrected chi connectivity index (χ2v) is 4.01. The molecule has 0 bridgehead atoms. The van der Waals surface area contributed by atoms with Crippen molar-refractivity contribution in [3.05, 3.63) is 29.3 Å². The van der Waals surface area contributed by atoms with Gasteiger partial charge < -0.3 is 15.3 Å². The zero-order valence-corrected chi connectivity index (χ0v) is 9.77. The molecule has 17 heavy (non-hydrogen) atoms. The van der Waals surface area contributed by atoms with Gasteiger partial charge in [0.2, 0.25) is 0 Å². The summed E-state index contributed by atoms with van der Waals surface area (Å²) < 4.78 is 5.25. The van der Waals surface area contributed by atoms with Crippen LogP contribution in [0.1, 0.15) is 15.9 Å². The second-order valence-electron chi connectivity index (χ2n) is 4.01. The van der Waals surface area contributed by atoms with Gasteiger partial charge in [-0.2, -0.15) is 0 Å². The van der Waals surface area contributed by atoms with Gasteiger partial charge in [0, 0.05) is 13.1 Å². The summed E-state index contributed by atoms with van der Waals surface area (Å²) in [6, 6.07) is 5.26. The molecular formula is C12H16N2O3. The average Bonchev–Trinajstić information content (AvgIpc) is 2.33. The van der Waals surface area contributed by atoms with E-state index in [9.17, 15) is 4.79 Å². The van der Waals surface area contributed by atoms with Crippen LogP contribution in [0.15, 0.2) is 18.2 Å². The van der Waals surface area contributed by atoms with Crippen molar-refractivity contribution < 1.29 is 14.6 Å². The summed E-state index contributed by atoms with van der Waals surface area (Å²) in [6.45, 7) is 4.75. The van der Waals surface area contributed by atoms with Gasteiger partial charge in [-0.25, -0.2) is 9.80 Å². The molecule has 0 aromatic heterocycles. The number of ether oxygens (including phenoxy) is 1. The highest BCUT2D eigenvalue weighted by atomic mass is 16.5. The van der Waals surface area contributed by atoms with Crippen molar-refractivity contribution >= 4 is 11.7 Å². The van der Waals surface area contributed by atoms with E-state index in [0.29, 0.717) is 24.5 Å². The van der Waals surface area contributed by atoms with Gasteiger partial charge in [0.1, 0.15) is 0 Å². The van der Waals surface area contributed by atoms with Crippen LogP contribution in [0.3, 0.4) is 0 Å². The molecule has 2 N–H and O–H groups in total. The van der Waals surface area contributed by atoms with Crippen molar-refractivity contribution in [2.45, 2.75) is 6.92 Å². The minimum absolute atomic E-state index is 0.302. The van der Waals surface area contributed by atoms with E-state index in [1.807, 2.05) is 18.0 Å². The number of carboxylic acids is 1. The molecular weight excluding hydrogens is 220 g/mol. The minimum Gasteiger partial charge on any atom is -0.478 e. The highest BCUT2D eigenvalue weighted by molar-refractivity contribution is 5.94. The maximum atomic E-state index is 11.1. The SMILES string of the molecule is Cc1cccc(C(=O)O)c1NN1CCOCC1. The first kappa shape index (κ1) is 11.9. The van der Waals surface area contributed by atoms with Crippen molar-refractivity contribution in [3.63, 3.8) is 0 Å². The molecule has 1 heterocycles. The maximum Gasteiger partial charge on any atom is 0.337 e. The van der Waals surface area contributed by atoms with Gasteiger partial charge >= 0.3 is 5.97 Å². The molecule has 0 radical (unpaired) electrons. The molecule has 1 fully saturated rings. The monoisotopic (exact) mass is 236 g/mol. The lowest BCUT2D eigenvalue weighted by atomic mass is 10.1. The lowest BCUT2D eigenvalue weighted by Crippen LogP contribution is -2.40. The molecule has 1 saturated heterocycles. The summed E-state index contributed by atoms with van der Waals surface area (Å²) in [5.74, 6) is -0.913. The van der Waals surface area contributed by atoms with Gasteiger partial charge in [-0.3, -0.25) is 0 Å². The molecule has 1 aliphatic rings. The molecule has 2 rings (SSSR count). The predicted molar refractivity (Wildman–Crippen MR) is 64.2 cm³/mol. The normalized spacial score (nSPS) is 16.8. The fourth-order valence-electron chi connectivity index (χ4n) is 1.83. The van der Waals surface area contributed by atoms with Gasteiger partial charge in [0.25, 0.3) is 0 Å². The van der Waals surface area contributed by atoms with Crippen LogP contribution < -0.4 is 5.43 Å². The molecule has 0 aliphatic carbocycles. The van der Waals surface area contributed by atoms with E-state index in [0.717, 1.165) is 18.7 Å². The number of hydrazine groups is 1. The van der Waals surface area contributed by atoms with Gasteiger partial charge in [-0.15, -0.1) is 0 Å². The van der Waals surface area contributed by atoms with Crippen molar-refractivity contribution in [2.75, 3.05) is 31.7 Å². The Balaban J connectivity index is 2.21. The number of aromatic carboxylic acids is 1. The molecule has 5 heteroatoms. The number of carbonyl (C=O) groups is 1. The summed E-state index contributed by atoms with van der Waals surface area (Å²) in [4.78, 5) is 11.1. The number of carboxylic acid groups (broad SMARTS) is 1. The molecule has 1 aromatic carbocycles. The largest absolute Gasteiger partial charge is 0.478 e. The van der Waals surface area contributed by atoms with Crippen molar-refractivity contribution in [1.29, 1.82) is 0 Å². The Hall–Kier alpha value is -1.59. The third-order valence-corrected chi connectivity index (χ3v) is 2.78. The third-order valence-electron chi connectivity index (χ3n) is 2.78. The van der Waals surface area contributed by atoms with Crippen LogP contribution in [0.2, 0.25) is 0 Å². The number of morpholine rings is 1. The van der Waals surface area contributed by atoms with Crippen LogP contribution in [0, 0.1) is 6.92 Å². The lowest BCUT2D eigenvalue weighted by molar-refractivity contribution is 0.0495. The van der Waals surface area contributed by atoms with Crippen LogP contribution in [0.25, 0.3) is 0 Å². The van der Waals surface area contributed by atoms with Gasteiger partial charge in [0.05, 0.1) is 24.5 Å². The minimum atomic E-state index is -0.913. The summed E-state index contributed by atoms with van der Waals surface area (Å²) in [7, 11) is 0. The molecule has 0 saturated carbocycles. The number of aryl methyl sites for hydroxylation is 1. The molecule has 5 nitrogen and oxygen atoms in total. The standard InChI is InChI=1S/C12H16N2O3/c1-9-3-2-4-10(12(15)16)11(9)13-14-5-7-17-8-6-14/h2-4,13H,5-8H2,1H3,(H,15,16). The number of hydrogen-bond donors (Lipinski definition) is 2. The third kappa shape index (κ3) is 2.75. The molecule has 0 atom stereocenters. The number of hydrogen-bond acceptors (Lipinski definition) is 4. The van der Waals surface area contributed by atoms with E-state index in [1.54, 1.807) is 12.1 Å². The van der Waals surface area contributed by atoms with Gasteiger partial charge in [0.15, 0.2) is 0 Å². The molecule has 1 aromatic rings. The van der Waals surface area contributed by atoms with Crippen LogP contribution in [0.4, 0.5) is 5.69 Å². The zero-order valence-electron chi connectivity index (χ0n) is 9.77. The molecule has 0 amide bonds. The number of benzene rings is 1. The lowest BCUT2D eigenvalue weighted by Gasteiger charge is -2.29. The Morgan fingerprint density at radius 1 is 1.41 bits per heavy atom. The average molecular weight is 236 g/mol. The first-order valence-corrected chi connectivity index (χ1v) is 5.61. The van der Waals surface area contributed by atoms with E-state index in [-0.39, 0.29) is 0 Å². The Bertz CT molecular complexity index is 414. The zero-order chi connectivity index (χ0) is 12.3. The Morgan fingerprint density at radius 2 is 2.12 bits per heavy atom. The number of nitrogens with zero attached hydrogens (tertiary/aromatic N) is 1. The number of rotatable bonds is 3. The van der Waals surface area contributed by atoms with Gasteiger partial charge in [-0.05, 0) is 18.6 Å². The van der Waals surface area contributed by atoms with E-state index in [1.165, 1.54) is 0 Å². The van der Waals surface area contributed by atoms with Crippen molar-refractivity contribution in [1.82, 2.24) is 5.01 Å². The van der Waals surface area contributed by atoms with E-state index < -0.39 is 5.97 Å². The molecule has 92 valence electrons. The Morgan fingerprint density at radius 3 is 2.76 bits per heavy atom. The Kier molecular flexibility index (Phi) is 3.61. The fraction of sp³-hybridized carbons (Fsp3) is 0.417. The molecule has 0 spiro atoms. The van der Waals surface area contributed by atoms with Crippen molar-refractivity contribution in [3.8, 4) is 0 Å². The summed E-state index contributed by atoms with van der Waals surface area (Å²) in [5.41, 5.74) is 5.07. The van der Waals surface area contributed by atoms with E-state index >= 15 is 0 Å². The quantitative estimate of drug-likeness (QED) is 0.829. The topological polar surface area (TPSA) is 61.8 Å². The molecule has 0 unspecified atom stereocenters. The van der Waals surface area contributed by atoms with E-state index in [4.69, 9.17) is 9.84 Å². The number of anilines is 1. The molecule has 1 aliphatic heterocycles. The predicted octanol–water partition coefficient (Wildman–Crippen LogP) is 1.35. The van der Waals surface area contributed by atoms with Crippen LogP contribution >= 0.6 is 0 Å². The van der Waals surface area contributed by atoms with Crippen LogP contribution in [0.5, 0.6) is 0 Å². The Labute approximate surface area is 100.0 Å². The smallest absolute Gasteiger partial charge is 0.337 e. The van der Waals surface area contributed by atoms with Crippen molar-refractivity contribution in [2.24, 2.45) is 0 Å².